The second-order valence-electron chi connectivity index (χ2n) is 5.11. The molecular formula is C14H20O2. The van der Waals surface area contributed by atoms with Crippen LogP contribution in [0.15, 0.2) is 24.3 Å². The lowest BCUT2D eigenvalue weighted by atomic mass is 9.91. The molecule has 2 heteroatoms. The van der Waals surface area contributed by atoms with E-state index in [1.54, 1.807) is 0 Å². The van der Waals surface area contributed by atoms with Crippen molar-refractivity contribution in [3.05, 3.63) is 29.8 Å². The Morgan fingerprint density at radius 3 is 2.25 bits per heavy atom. The van der Waals surface area contributed by atoms with Gasteiger partial charge in [-0.2, -0.15) is 0 Å². The van der Waals surface area contributed by atoms with Crippen molar-refractivity contribution in [2.75, 3.05) is 0 Å². The number of hydrogen-bond donors (Lipinski definition) is 1. The van der Waals surface area contributed by atoms with Gasteiger partial charge in [-0.25, -0.2) is 0 Å². The van der Waals surface area contributed by atoms with Crippen LogP contribution in [0.5, 0.6) is 5.75 Å². The fourth-order valence-corrected chi connectivity index (χ4v) is 2.02. The summed E-state index contributed by atoms with van der Waals surface area (Å²) in [4.78, 5) is 0. The molecule has 1 aliphatic rings. The standard InChI is InChI=1S/C14H20O2/c1-10(2)16-13-8-6-12(7-9-13)14(3,15)11-4-5-11/h6-11,15H,4-5H2,1-3H3. The first-order chi connectivity index (χ1) is 7.50. The van der Waals surface area contributed by atoms with Crippen molar-refractivity contribution in [3.8, 4) is 5.75 Å². The van der Waals surface area contributed by atoms with E-state index < -0.39 is 5.60 Å². The van der Waals surface area contributed by atoms with Crippen LogP contribution in [0.25, 0.3) is 0 Å². The first-order valence-corrected chi connectivity index (χ1v) is 5.99. The summed E-state index contributed by atoms with van der Waals surface area (Å²) in [6, 6.07) is 7.81. The quantitative estimate of drug-likeness (QED) is 0.845. The first kappa shape index (κ1) is 11.5. The average molecular weight is 220 g/mol. The monoisotopic (exact) mass is 220 g/mol. The maximum absolute atomic E-state index is 10.4. The minimum Gasteiger partial charge on any atom is -0.491 e. The van der Waals surface area contributed by atoms with Crippen molar-refractivity contribution < 1.29 is 9.84 Å². The third-order valence-corrected chi connectivity index (χ3v) is 3.18. The van der Waals surface area contributed by atoms with Gasteiger partial charge >= 0.3 is 0 Å². The lowest BCUT2D eigenvalue weighted by Gasteiger charge is -2.23. The van der Waals surface area contributed by atoms with Crippen molar-refractivity contribution in [1.29, 1.82) is 0 Å². The number of hydrogen-bond acceptors (Lipinski definition) is 2. The van der Waals surface area contributed by atoms with Crippen LogP contribution in [0.2, 0.25) is 0 Å². The van der Waals surface area contributed by atoms with E-state index in [0.717, 1.165) is 24.2 Å². The molecule has 0 aliphatic heterocycles. The maximum Gasteiger partial charge on any atom is 0.119 e. The molecule has 1 aliphatic carbocycles. The van der Waals surface area contributed by atoms with Crippen molar-refractivity contribution in [2.45, 2.75) is 45.3 Å². The van der Waals surface area contributed by atoms with Crippen LogP contribution in [0.3, 0.4) is 0 Å². The number of ether oxygens (including phenoxy) is 1. The van der Waals surface area contributed by atoms with E-state index in [2.05, 4.69) is 0 Å². The van der Waals surface area contributed by atoms with Gasteiger partial charge in [0.1, 0.15) is 5.75 Å². The number of benzene rings is 1. The molecule has 0 amide bonds. The third-order valence-electron chi connectivity index (χ3n) is 3.18. The smallest absolute Gasteiger partial charge is 0.119 e. The Morgan fingerprint density at radius 2 is 1.81 bits per heavy atom. The average Bonchev–Trinajstić information content (AvgIpc) is 3.00. The molecule has 2 rings (SSSR count). The van der Waals surface area contributed by atoms with Gasteiger partial charge in [-0.1, -0.05) is 12.1 Å². The SMILES string of the molecule is CC(C)Oc1ccc(C(C)(O)C2CC2)cc1. The molecule has 0 heterocycles. The van der Waals surface area contributed by atoms with Gasteiger partial charge in [0.25, 0.3) is 0 Å². The molecule has 88 valence electrons. The van der Waals surface area contributed by atoms with E-state index in [0.29, 0.717) is 5.92 Å². The normalized spacial score (nSPS) is 19.6. The van der Waals surface area contributed by atoms with Gasteiger partial charge in [0.05, 0.1) is 11.7 Å². The number of rotatable bonds is 4. The Bertz CT molecular complexity index is 348. The van der Waals surface area contributed by atoms with E-state index in [1.807, 2.05) is 45.0 Å². The fraction of sp³-hybridized carbons (Fsp3) is 0.571. The summed E-state index contributed by atoms with van der Waals surface area (Å²) in [5.41, 5.74) is 0.321. The molecule has 0 bridgehead atoms. The van der Waals surface area contributed by atoms with E-state index in [1.165, 1.54) is 0 Å². The molecule has 2 nitrogen and oxygen atoms in total. The molecule has 0 aromatic heterocycles. The zero-order chi connectivity index (χ0) is 11.8. The zero-order valence-electron chi connectivity index (χ0n) is 10.2. The Hall–Kier alpha value is -1.02. The zero-order valence-corrected chi connectivity index (χ0v) is 10.2. The van der Waals surface area contributed by atoms with E-state index in [9.17, 15) is 5.11 Å². The molecule has 1 aromatic rings. The summed E-state index contributed by atoms with van der Waals surface area (Å²) in [5.74, 6) is 1.30. The highest BCUT2D eigenvalue weighted by Gasteiger charge is 2.41. The van der Waals surface area contributed by atoms with Crippen LogP contribution in [0.4, 0.5) is 0 Å². The van der Waals surface area contributed by atoms with Gasteiger partial charge in [0, 0.05) is 0 Å². The highest BCUT2D eigenvalue weighted by molar-refractivity contribution is 5.31. The second kappa shape index (κ2) is 4.10. The minimum atomic E-state index is -0.670. The Labute approximate surface area is 97.3 Å². The molecule has 1 fully saturated rings. The maximum atomic E-state index is 10.4. The van der Waals surface area contributed by atoms with Gasteiger partial charge in [0.15, 0.2) is 0 Å². The van der Waals surface area contributed by atoms with Crippen molar-refractivity contribution >= 4 is 0 Å². The predicted octanol–water partition coefficient (Wildman–Crippen LogP) is 3.09. The van der Waals surface area contributed by atoms with E-state index in [4.69, 9.17) is 4.74 Å². The molecule has 16 heavy (non-hydrogen) atoms. The molecule has 1 atom stereocenters. The van der Waals surface area contributed by atoms with Crippen LogP contribution in [-0.2, 0) is 5.60 Å². The van der Waals surface area contributed by atoms with Crippen LogP contribution in [0.1, 0.15) is 39.2 Å². The van der Waals surface area contributed by atoms with E-state index in [-0.39, 0.29) is 6.10 Å². The lowest BCUT2D eigenvalue weighted by Crippen LogP contribution is -2.23. The molecule has 0 saturated heterocycles. The topological polar surface area (TPSA) is 29.5 Å². The van der Waals surface area contributed by atoms with Crippen molar-refractivity contribution in [3.63, 3.8) is 0 Å². The fourth-order valence-electron chi connectivity index (χ4n) is 2.02. The molecular weight excluding hydrogens is 200 g/mol. The first-order valence-electron chi connectivity index (χ1n) is 5.99. The Balaban J connectivity index is 2.12. The summed E-state index contributed by atoms with van der Waals surface area (Å²) in [6.45, 7) is 5.92. The van der Waals surface area contributed by atoms with Gasteiger partial charge in [-0.05, 0) is 57.2 Å². The molecule has 1 saturated carbocycles. The number of aliphatic hydroxyl groups is 1. The highest BCUT2D eigenvalue weighted by Crippen LogP contribution is 2.45. The molecule has 0 radical (unpaired) electrons. The lowest BCUT2D eigenvalue weighted by molar-refractivity contribution is 0.0330. The largest absolute Gasteiger partial charge is 0.491 e. The Morgan fingerprint density at radius 1 is 1.25 bits per heavy atom. The highest BCUT2D eigenvalue weighted by atomic mass is 16.5. The molecule has 0 spiro atoms. The van der Waals surface area contributed by atoms with Crippen LogP contribution < -0.4 is 4.74 Å². The van der Waals surface area contributed by atoms with Crippen LogP contribution >= 0.6 is 0 Å². The van der Waals surface area contributed by atoms with Gasteiger partial charge < -0.3 is 9.84 Å². The predicted molar refractivity (Wildman–Crippen MR) is 64.5 cm³/mol. The minimum absolute atomic E-state index is 0.190. The van der Waals surface area contributed by atoms with Crippen LogP contribution in [-0.4, -0.2) is 11.2 Å². The summed E-state index contributed by atoms with van der Waals surface area (Å²) < 4.78 is 5.58. The summed E-state index contributed by atoms with van der Waals surface area (Å²) in [7, 11) is 0. The summed E-state index contributed by atoms with van der Waals surface area (Å²) >= 11 is 0. The van der Waals surface area contributed by atoms with Crippen molar-refractivity contribution in [1.82, 2.24) is 0 Å². The molecule has 1 unspecified atom stereocenters. The van der Waals surface area contributed by atoms with Gasteiger partial charge in [-0.15, -0.1) is 0 Å². The van der Waals surface area contributed by atoms with Crippen LogP contribution in [0, 0.1) is 5.92 Å². The summed E-state index contributed by atoms with van der Waals surface area (Å²) in [5, 5.41) is 10.4. The van der Waals surface area contributed by atoms with Crippen molar-refractivity contribution in [2.24, 2.45) is 5.92 Å². The summed E-state index contributed by atoms with van der Waals surface area (Å²) in [6.07, 6.45) is 2.46. The van der Waals surface area contributed by atoms with E-state index >= 15 is 0 Å². The molecule has 1 aromatic carbocycles. The van der Waals surface area contributed by atoms with Gasteiger partial charge in [0.2, 0.25) is 0 Å². The Kier molecular flexibility index (Phi) is 2.94. The molecule has 1 N–H and O–H groups in total. The third kappa shape index (κ3) is 2.38. The van der Waals surface area contributed by atoms with Gasteiger partial charge in [-0.3, -0.25) is 0 Å². The second-order valence-corrected chi connectivity index (χ2v) is 5.11.